The Morgan fingerprint density at radius 1 is 1.18 bits per heavy atom. The van der Waals surface area contributed by atoms with Crippen molar-refractivity contribution in [3.8, 4) is 0 Å². The second-order valence-electron chi connectivity index (χ2n) is 5.34. The lowest BCUT2D eigenvalue weighted by Crippen LogP contribution is -2.17. The van der Waals surface area contributed by atoms with Gasteiger partial charge in [0.1, 0.15) is 11.3 Å². The van der Waals surface area contributed by atoms with Crippen molar-refractivity contribution in [1.29, 1.82) is 0 Å². The van der Waals surface area contributed by atoms with Crippen LogP contribution >= 0.6 is 11.6 Å². The number of carbonyl (C=O) groups is 1. The average Bonchev–Trinajstić information content (AvgIpc) is 2.78. The normalized spacial score (nSPS) is 10.9. The van der Waals surface area contributed by atoms with E-state index in [-0.39, 0.29) is 5.91 Å². The second kappa shape index (κ2) is 5.46. The number of nitrogens with one attached hydrogen (secondary N) is 1. The lowest BCUT2D eigenvalue weighted by Gasteiger charge is -2.11. The molecular weight excluding hydrogens is 298 g/mol. The van der Waals surface area contributed by atoms with Crippen LogP contribution in [-0.4, -0.2) is 15.3 Å². The summed E-state index contributed by atoms with van der Waals surface area (Å²) in [6.45, 7) is 5.77. The minimum absolute atomic E-state index is 0.176. The molecule has 0 aliphatic heterocycles. The third-order valence-electron chi connectivity index (χ3n) is 3.70. The van der Waals surface area contributed by atoms with Crippen molar-refractivity contribution in [3.63, 3.8) is 0 Å². The number of hydrogen-bond donors (Lipinski definition) is 1. The predicted molar refractivity (Wildman–Crippen MR) is 88.8 cm³/mol. The predicted octanol–water partition coefficient (Wildman–Crippen LogP) is 4.17. The summed E-state index contributed by atoms with van der Waals surface area (Å²) in [5, 5.41) is 3.59. The SMILES string of the molecule is Cc1cccc(C)c1NC(=O)c1c(C)nc2cc(Cl)ccn12. The molecule has 0 spiro atoms. The Morgan fingerprint density at radius 2 is 1.86 bits per heavy atom. The van der Waals surface area contributed by atoms with E-state index in [0.29, 0.717) is 22.1 Å². The van der Waals surface area contributed by atoms with E-state index in [4.69, 9.17) is 11.6 Å². The highest BCUT2D eigenvalue weighted by Crippen LogP contribution is 2.22. The summed E-state index contributed by atoms with van der Waals surface area (Å²) in [7, 11) is 0. The van der Waals surface area contributed by atoms with Gasteiger partial charge < -0.3 is 5.32 Å². The zero-order valence-electron chi connectivity index (χ0n) is 12.6. The molecule has 0 bridgehead atoms. The van der Waals surface area contributed by atoms with Gasteiger partial charge in [-0.3, -0.25) is 9.20 Å². The van der Waals surface area contributed by atoms with Crippen molar-refractivity contribution < 1.29 is 4.79 Å². The van der Waals surface area contributed by atoms with Crippen LogP contribution in [0.1, 0.15) is 27.3 Å². The molecule has 0 aliphatic rings. The largest absolute Gasteiger partial charge is 0.320 e. The first kappa shape index (κ1) is 14.6. The molecule has 0 aliphatic carbocycles. The van der Waals surface area contributed by atoms with E-state index >= 15 is 0 Å². The number of aromatic nitrogens is 2. The van der Waals surface area contributed by atoms with Crippen molar-refractivity contribution >= 4 is 28.8 Å². The molecule has 0 fully saturated rings. The van der Waals surface area contributed by atoms with Crippen LogP contribution < -0.4 is 5.32 Å². The molecule has 112 valence electrons. The van der Waals surface area contributed by atoms with Crippen LogP contribution in [0, 0.1) is 20.8 Å². The van der Waals surface area contributed by atoms with Gasteiger partial charge in [-0.1, -0.05) is 29.8 Å². The van der Waals surface area contributed by atoms with E-state index in [9.17, 15) is 4.79 Å². The van der Waals surface area contributed by atoms with Crippen LogP contribution in [0.25, 0.3) is 5.65 Å². The number of pyridine rings is 1. The molecule has 1 amide bonds. The van der Waals surface area contributed by atoms with Gasteiger partial charge in [0.2, 0.25) is 0 Å². The number of imidazole rings is 1. The third-order valence-corrected chi connectivity index (χ3v) is 3.93. The molecule has 3 aromatic rings. The number of hydrogen-bond acceptors (Lipinski definition) is 2. The molecule has 3 rings (SSSR count). The third kappa shape index (κ3) is 2.46. The Kier molecular flexibility index (Phi) is 3.62. The van der Waals surface area contributed by atoms with Crippen LogP contribution in [0.4, 0.5) is 5.69 Å². The van der Waals surface area contributed by atoms with Gasteiger partial charge in [-0.15, -0.1) is 0 Å². The second-order valence-corrected chi connectivity index (χ2v) is 5.78. The number of carbonyl (C=O) groups excluding carboxylic acids is 1. The first-order chi connectivity index (χ1) is 10.5. The average molecular weight is 314 g/mol. The van der Waals surface area contributed by atoms with Gasteiger partial charge in [-0.25, -0.2) is 4.98 Å². The molecule has 0 unspecified atom stereocenters. The fraction of sp³-hybridized carbons (Fsp3) is 0.176. The molecule has 0 radical (unpaired) electrons. The van der Waals surface area contributed by atoms with E-state index in [1.165, 1.54) is 0 Å². The smallest absolute Gasteiger partial charge is 0.274 e. The molecular formula is C17H16ClN3O. The highest BCUT2D eigenvalue weighted by Gasteiger charge is 2.18. The van der Waals surface area contributed by atoms with Crippen LogP contribution in [0.3, 0.4) is 0 Å². The van der Waals surface area contributed by atoms with Crippen molar-refractivity contribution in [2.75, 3.05) is 5.32 Å². The van der Waals surface area contributed by atoms with Gasteiger partial charge in [0.05, 0.1) is 5.69 Å². The van der Waals surface area contributed by atoms with Gasteiger partial charge in [0.15, 0.2) is 0 Å². The van der Waals surface area contributed by atoms with E-state index in [1.807, 2.05) is 39.0 Å². The van der Waals surface area contributed by atoms with Gasteiger partial charge in [0.25, 0.3) is 5.91 Å². The van der Waals surface area contributed by atoms with E-state index < -0.39 is 0 Å². The van der Waals surface area contributed by atoms with Gasteiger partial charge in [-0.2, -0.15) is 0 Å². The van der Waals surface area contributed by atoms with Crippen LogP contribution in [0.5, 0.6) is 0 Å². The van der Waals surface area contributed by atoms with Crippen molar-refractivity contribution in [2.45, 2.75) is 20.8 Å². The quantitative estimate of drug-likeness (QED) is 0.772. The van der Waals surface area contributed by atoms with E-state index in [0.717, 1.165) is 16.8 Å². The fourth-order valence-electron chi connectivity index (χ4n) is 2.60. The summed E-state index contributed by atoms with van der Waals surface area (Å²) in [6.07, 6.45) is 1.76. The van der Waals surface area contributed by atoms with Crippen LogP contribution in [-0.2, 0) is 0 Å². The number of anilines is 1. The Balaban J connectivity index is 2.04. The molecule has 22 heavy (non-hydrogen) atoms. The minimum atomic E-state index is -0.176. The molecule has 0 saturated carbocycles. The lowest BCUT2D eigenvalue weighted by molar-refractivity contribution is 0.102. The van der Waals surface area contributed by atoms with Crippen molar-refractivity contribution in [3.05, 3.63) is 64.1 Å². The first-order valence-corrected chi connectivity index (χ1v) is 7.37. The summed E-state index contributed by atoms with van der Waals surface area (Å²) < 4.78 is 1.75. The Bertz CT molecular complexity index is 863. The summed E-state index contributed by atoms with van der Waals surface area (Å²) in [5.74, 6) is -0.176. The first-order valence-electron chi connectivity index (χ1n) is 6.99. The monoisotopic (exact) mass is 313 g/mol. The van der Waals surface area contributed by atoms with E-state index in [1.54, 1.807) is 22.7 Å². The fourth-order valence-corrected chi connectivity index (χ4v) is 2.75. The van der Waals surface area contributed by atoms with Crippen molar-refractivity contribution in [2.24, 2.45) is 0 Å². The number of fused-ring (bicyclic) bond motifs is 1. The zero-order chi connectivity index (χ0) is 15.9. The summed E-state index contributed by atoms with van der Waals surface area (Å²) in [5.41, 5.74) is 4.76. The van der Waals surface area contributed by atoms with Crippen LogP contribution in [0.15, 0.2) is 36.5 Å². The summed E-state index contributed by atoms with van der Waals surface area (Å²) in [6, 6.07) is 9.41. The van der Waals surface area contributed by atoms with Crippen molar-refractivity contribution in [1.82, 2.24) is 9.38 Å². The molecule has 1 aromatic carbocycles. The molecule has 2 aromatic heterocycles. The minimum Gasteiger partial charge on any atom is -0.320 e. The standard InChI is InChI=1S/C17H16ClN3O/c1-10-5-4-6-11(2)15(10)20-17(22)16-12(3)19-14-9-13(18)7-8-21(14)16/h4-9H,1-3H3,(H,20,22). The number of aryl methyl sites for hydroxylation is 3. The van der Waals surface area contributed by atoms with E-state index in [2.05, 4.69) is 10.3 Å². The molecule has 0 saturated heterocycles. The summed E-state index contributed by atoms with van der Waals surface area (Å²) in [4.78, 5) is 17.1. The summed E-state index contributed by atoms with van der Waals surface area (Å²) >= 11 is 5.98. The maximum atomic E-state index is 12.7. The van der Waals surface area contributed by atoms with Gasteiger partial charge in [-0.05, 0) is 38.0 Å². The maximum Gasteiger partial charge on any atom is 0.274 e. The number of rotatable bonds is 2. The Labute approximate surface area is 133 Å². The number of nitrogens with zero attached hydrogens (tertiary/aromatic N) is 2. The number of para-hydroxylation sites is 1. The lowest BCUT2D eigenvalue weighted by atomic mass is 10.1. The highest BCUT2D eigenvalue weighted by atomic mass is 35.5. The zero-order valence-corrected chi connectivity index (χ0v) is 13.4. The van der Waals surface area contributed by atoms with Gasteiger partial charge in [0, 0.05) is 23.0 Å². The maximum absolute atomic E-state index is 12.7. The Morgan fingerprint density at radius 3 is 2.55 bits per heavy atom. The number of benzene rings is 1. The molecule has 5 heteroatoms. The number of halogens is 1. The van der Waals surface area contributed by atoms with Gasteiger partial charge >= 0.3 is 0 Å². The molecule has 4 nitrogen and oxygen atoms in total. The molecule has 0 atom stereocenters. The highest BCUT2D eigenvalue weighted by molar-refractivity contribution is 6.30. The molecule has 1 N–H and O–H groups in total. The Hall–Kier alpha value is -2.33. The topological polar surface area (TPSA) is 46.4 Å². The van der Waals surface area contributed by atoms with Crippen LogP contribution in [0.2, 0.25) is 5.02 Å². The molecule has 2 heterocycles. The number of amides is 1.